The normalized spacial score (nSPS) is 14.5. The van der Waals surface area contributed by atoms with Gasteiger partial charge in [0.2, 0.25) is 11.8 Å². The van der Waals surface area contributed by atoms with Crippen molar-refractivity contribution in [2.24, 2.45) is 5.92 Å². The second-order valence-electron chi connectivity index (χ2n) is 4.27. The molecule has 1 aromatic heterocycles. The lowest BCUT2D eigenvalue weighted by atomic mass is 10.4. The van der Waals surface area contributed by atoms with Gasteiger partial charge < -0.3 is 20.4 Å². The van der Waals surface area contributed by atoms with Crippen molar-refractivity contribution in [3.63, 3.8) is 0 Å². The molecule has 100 valence electrons. The lowest BCUT2D eigenvalue weighted by Gasteiger charge is -2.03. The molecule has 1 aliphatic rings. The summed E-state index contributed by atoms with van der Waals surface area (Å²) in [4.78, 5) is 11.3. The molecule has 0 aliphatic heterocycles. The van der Waals surface area contributed by atoms with Gasteiger partial charge >= 0.3 is 6.01 Å². The number of rotatable bonds is 8. The van der Waals surface area contributed by atoms with Crippen LogP contribution in [0, 0.1) is 5.92 Å². The minimum absolute atomic E-state index is 0.148. The predicted molar refractivity (Wildman–Crippen MR) is 65.9 cm³/mol. The van der Waals surface area contributed by atoms with Crippen LogP contribution in [0.1, 0.15) is 25.7 Å². The third-order valence-electron chi connectivity index (χ3n) is 2.64. The Morgan fingerprint density at radius 1 is 1.39 bits per heavy atom. The first-order chi connectivity index (χ1) is 8.79. The Kier molecular flexibility index (Phi) is 4.52. The second kappa shape index (κ2) is 6.34. The Morgan fingerprint density at radius 2 is 2.22 bits per heavy atom. The van der Waals surface area contributed by atoms with Gasteiger partial charge in [0.1, 0.15) is 0 Å². The Balaban J connectivity index is 1.60. The third-order valence-corrected chi connectivity index (χ3v) is 2.64. The molecule has 0 atom stereocenters. The number of nitrogens with one attached hydrogen (secondary N) is 3. The van der Waals surface area contributed by atoms with Crippen molar-refractivity contribution in [3.8, 4) is 0 Å². The fourth-order valence-electron chi connectivity index (χ4n) is 1.47. The van der Waals surface area contributed by atoms with Crippen LogP contribution < -0.4 is 16.0 Å². The fourth-order valence-corrected chi connectivity index (χ4v) is 1.47. The summed E-state index contributed by atoms with van der Waals surface area (Å²) in [6.07, 6.45) is 2.05. The van der Waals surface area contributed by atoms with Crippen LogP contribution >= 0.6 is 0 Å². The highest BCUT2D eigenvalue weighted by Crippen LogP contribution is 2.28. The molecule has 0 radical (unpaired) electrons. The number of hydrogen-bond acceptors (Lipinski definition) is 6. The molecule has 7 nitrogen and oxygen atoms in total. The predicted octanol–water partition coefficient (Wildman–Crippen LogP) is 0.117. The lowest BCUT2D eigenvalue weighted by molar-refractivity contribution is -0.122. The number of anilines is 1. The maximum Gasteiger partial charge on any atom is 0.315 e. The molecule has 0 bridgehead atoms. The van der Waals surface area contributed by atoms with Gasteiger partial charge in [-0.3, -0.25) is 4.79 Å². The van der Waals surface area contributed by atoms with Crippen molar-refractivity contribution in [2.45, 2.75) is 26.3 Å². The van der Waals surface area contributed by atoms with Gasteiger partial charge in [0.25, 0.3) is 0 Å². The zero-order valence-corrected chi connectivity index (χ0v) is 10.5. The summed E-state index contributed by atoms with van der Waals surface area (Å²) in [5, 5.41) is 16.7. The van der Waals surface area contributed by atoms with E-state index in [1.807, 2.05) is 6.92 Å². The first kappa shape index (κ1) is 12.8. The van der Waals surface area contributed by atoms with Crippen LogP contribution in [0.5, 0.6) is 0 Å². The third kappa shape index (κ3) is 3.99. The van der Waals surface area contributed by atoms with Crippen molar-refractivity contribution in [1.29, 1.82) is 0 Å². The molecule has 1 aliphatic carbocycles. The van der Waals surface area contributed by atoms with Gasteiger partial charge in [0.05, 0.1) is 6.54 Å². The highest BCUT2D eigenvalue weighted by Gasteiger charge is 2.28. The molecule has 7 heteroatoms. The molecule has 3 N–H and O–H groups in total. The van der Waals surface area contributed by atoms with Gasteiger partial charge in [0.15, 0.2) is 0 Å². The van der Waals surface area contributed by atoms with Crippen LogP contribution in [0.4, 0.5) is 6.01 Å². The van der Waals surface area contributed by atoms with Crippen molar-refractivity contribution in [2.75, 3.05) is 25.0 Å². The van der Waals surface area contributed by atoms with Crippen LogP contribution in [0.2, 0.25) is 0 Å². The summed E-state index contributed by atoms with van der Waals surface area (Å²) < 4.78 is 5.34. The number of carbonyl (C=O) groups excluding carboxylic acids is 1. The molecule has 0 aromatic carbocycles. The highest BCUT2D eigenvalue weighted by molar-refractivity contribution is 5.80. The van der Waals surface area contributed by atoms with Gasteiger partial charge in [-0.2, -0.15) is 0 Å². The molecule has 0 spiro atoms. The molecular formula is C11H19N5O2. The molecule has 1 amide bonds. The quantitative estimate of drug-likeness (QED) is 0.570. The first-order valence-corrected chi connectivity index (χ1v) is 6.34. The Labute approximate surface area is 106 Å². The smallest absolute Gasteiger partial charge is 0.315 e. The summed E-state index contributed by atoms with van der Waals surface area (Å²) in [5.74, 6) is 0.955. The SMILES string of the molecule is CCNCc1nnc(NCCNC(=O)C2CC2)o1. The standard InChI is InChI=1S/C11H19N5O2/c1-2-12-7-9-15-16-11(18-9)14-6-5-13-10(17)8-3-4-8/h8,12H,2-7H2,1H3,(H,13,17)(H,14,16). The van der Waals surface area contributed by atoms with E-state index in [-0.39, 0.29) is 11.8 Å². The number of nitrogens with zero attached hydrogens (tertiary/aromatic N) is 2. The number of carbonyl (C=O) groups is 1. The van der Waals surface area contributed by atoms with Crippen molar-refractivity contribution in [3.05, 3.63) is 5.89 Å². The van der Waals surface area contributed by atoms with Gasteiger partial charge in [-0.15, -0.1) is 5.10 Å². The minimum Gasteiger partial charge on any atom is -0.407 e. The topological polar surface area (TPSA) is 92.1 Å². The molecule has 1 heterocycles. The Bertz CT molecular complexity index is 389. The molecule has 1 fully saturated rings. The van der Waals surface area contributed by atoms with Gasteiger partial charge in [-0.25, -0.2) is 0 Å². The van der Waals surface area contributed by atoms with Crippen LogP contribution in [0.15, 0.2) is 4.42 Å². The zero-order valence-electron chi connectivity index (χ0n) is 10.5. The van der Waals surface area contributed by atoms with E-state index in [4.69, 9.17) is 4.42 Å². The number of aromatic nitrogens is 2. The fraction of sp³-hybridized carbons (Fsp3) is 0.727. The first-order valence-electron chi connectivity index (χ1n) is 6.34. The van der Waals surface area contributed by atoms with Crippen LogP contribution in [-0.2, 0) is 11.3 Å². The second-order valence-corrected chi connectivity index (χ2v) is 4.27. The summed E-state index contributed by atoms with van der Waals surface area (Å²) in [6, 6.07) is 0.392. The van der Waals surface area contributed by atoms with E-state index in [0.29, 0.717) is 31.5 Å². The van der Waals surface area contributed by atoms with Gasteiger partial charge in [0, 0.05) is 19.0 Å². The van der Waals surface area contributed by atoms with E-state index in [1.54, 1.807) is 0 Å². The number of amides is 1. The van der Waals surface area contributed by atoms with Gasteiger partial charge in [-0.1, -0.05) is 12.0 Å². The maximum absolute atomic E-state index is 11.3. The summed E-state index contributed by atoms with van der Waals surface area (Å²) in [6.45, 7) is 4.60. The van der Waals surface area contributed by atoms with E-state index in [2.05, 4.69) is 26.1 Å². The van der Waals surface area contributed by atoms with E-state index in [0.717, 1.165) is 19.4 Å². The van der Waals surface area contributed by atoms with Crippen LogP contribution in [-0.4, -0.2) is 35.7 Å². The van der Waals surface area contributed by atoms with E-state index in [9.17, 15) is 4.79 Å². The van der Waals surface area contributed by atoms with Crippen molar-refractivity contribution < 1.29 is 9.21 Å². The summed E-state index contributed by atoms with van der Waals surface area (Å²) in [7, 11) is 0. The highest BCUT2D eigenvalue weighted by atomic mass is 16.4. The van der Waals surface area contributed by atoms with Gasteiger partial charge in [-0.05, 0) is 19.4 Å². The molecule has 2 rings (SSSR count). The minimum atomic E-state index is 0.148. The Hall–Kier alpha value is -1.63. The molecule has 1 aromatic rings. The largest absolute Gasteiger partial charge is 0.407 e. The van der Waals surface area contributed by atoms with Crippen LogP contribution in [0.25, 0.3) is 0 Å². The van der Waals surface area contributed by atoms with E-state index < -0.39 is 0 Å². The Morgan fingerprint density at radius 3 is 2.94 bits per heavy atom. The molecular weight excluding hydrogens is 234 g/mol. The molecule has 1 saturated carbocycles. The zero-order chi connectivity index (χ0) is 12.8. The van der Waals surface area contributed by atoms with Crippen LogP contribution in [0.3, 0.4) is 0 Å². The van der Waals surface area contributed by atoms with E-state index in [1.165, 1.54) is 0 Å². The molecule has 18 heavy (non-hydrogen) atoms. The monoisotopic (exact) mass is 253 g/mol. The summed E-state index contributed by atoms with van der Waals surface area (Å²) >= 11 is 0. The lowest BCUT2D eigenvalue weighted by Crippen LogP contribution is -2.29. The average Bonchev–Trinajstić information content (AvgIpc) is 3.13. The number of hydrogen-bond donors (Lipinski definition) is 3. The van der Waals surface area contributed by atoms with Crippen molar-refractivity contribution in [1.82, 2.24) is 20.8 Å². The summed E-state index contributed by atoms with van der Waals surface area (Å²) in [5.41, 5.74) is 0. The molecule has 0 saturated heterocycles. The molecule has 0 unspecified atom stereocenters. The maximum atomic E-state index is 11.3. The van der Waals surface area contributed by atoms with Crippen molar-refractivity contribution >= 4 is 11.9 Å². The van der Waals surface area contributed by atoms with E-state index >= 15 is 0 Å². The average molecular weight is 253 g/mol.